The number of carbonyl (C=O) groups excluding carboxylic acids is 1. The molecule has 0 bridgehead atoms. The number of likely N-dealkylation sites (tertiary alicyclic amines) is 1. The monoisotopic (exact) mass is 358 g/mol. The fourth-order valence-electron chi connectivity index (χ4n) is 4.35. The van der Waals surface area contributed by atoms with E-state index in [9.17, 15) is 9.18 Å². The molecular weight excluding hydrogens is 335 g/mol. The van der Waals surface area contributed by atoms with Gasteiger partial charge in [0.05, 0.1) is 0 Å². The minimum absolute atomic E-state index is 0.00586. The van der Waals surface area contributed by atoms with Crippen LogP contribution in [0.5, 0.6) is 0 Å². The van der Waals surface area contributed by atoms with Crippen molar-refractivity contribution in [2.45, 2.75) is 38.3 Å². The number of aryl methyl sites for hydroxylation is 1. The second kappa shape index (κ2) is 6.75. The number of amides is 1. The number of carbonyl (C=O) groups is 1. The Hall–Kier alpha value is -2.35. The van der Waals surface area contributed by atoms with Crippen molar-refractivity contribution in [2.75, 3.05) is 13.1 Å². The molecule has 4 rings (SSSR count). The standard InChI is InChI=1S/C18H23FN6O/c1-11-21-22-23-25(11)17(8-12-2-5-14(19)6-3-12)18(26)24-9-13-4-7-16(20)15(13)10-24/h2-3,5-6,13,15-17H,4,7-10,20H2,1H3. The lowest BCUT2D eigenvalue weighted by Crippen LogP contribution is -2.39. The van der Waals surface area contributed by atoms with Gasteiger partial charge in [-0.2, -0.15) is 0 Å². The summed E-state index contributed by atoms with van der Waals surface area (Å²) in [7, 11) is 0. The van der Waals surface area contributed by atoms with Gasteiger partial charge in [-0.25, -0.2) is 9.07 Å². The van der Waals surface area contributed by atoms with Crippen LogP contribution in [0.2, 0.25) is 0 Å². The van der Waals surface area contributed by atoms with E-state index in [1.165, 1.54) is 12.1 Å². The SMILES string of the molecule is Cc1nnnn1C(Cc1ccc(F)cc1)C(=O)N1CC2CCC(N)C2C1. The number of hydrogen-bond donors (Lipinski definition) is 1. The van der Waals surface area contributed by atoms with Crippen LogP contribution in [0.3, 0.4) is 0 Å². The quantitative estimate of drug-likeness (QED) is 0.884. The maximum atomic E-state index is 13.3. The summed E-state index contributed by atoms with van der Waals surface area (Å²) in [5.41, 5.74) is 7.07. The first-order valence-corrected chi connectivity index (χ1v) is 9.06. The molecule has 8 heteroatoms. The van der Waals surface area contributed by atoms with Gasteiger partial charge in [0.25, 0.3) is 0 Å². The van der Waals surface area contributed by atoms with E-state index in [4.69, 9.17) is 5.73 Å². The van der Waals surface area contributed by atoms with Gasteiger partial charge in [0, 0.05) is 25.6 Å². The first-order valence-electron chi connectivity index (χ1n) is 9.06. The molecule has 26 heavy (non-hydrogen) atoms. The molecule has 0 spiro atoms. The predicted molar refractivity (Wildman–Crippen MR) is 92.5 cm³/mol. The van der Waals surface area contributed by atoms with E-state index in [1.807, 2.05) is 4.90 Å². The fourth-order valence-corrected chi connectivity index (χ4v) is 4.35. The molecule has 1 saturated carbocycles. The van der Waals surface area contributed by atoms with Crippen LogP contribution in [-0.4, -0.2) is 50.1 Å². The number of nitrogens with zero attached hydrogens (tertiary/aromatic N) is 5. The highest BCUT2D eigenvalue weighted by Gasteiger charge is 2.44. The molecule has 7 nitrogen and oxygen atoms in total. The second-order valence-corrected chi connectivity index (χ2v) is 7.43. The molecule has 4 atom stereocenters. The van der Waals surface area contributed by atoms with Crippen molar-refractivity contribution in [1.82, 2.24) is 25.1 Å². The van der Waals surface area contributed by atoms with E-state index in [0.29, 0.717) is 30.6 Å². The molecule has 2 aliphatic rings. The van der Waals surface area contributed by atoms with Gasteiger partial charge in [0.15, 0.2) is 0 Å². The predicted octanol–water partition coefficient (Wildman–Crippen LogP) is 1.10. The lowest BCUT2D eigenvalue weighted by molar-refractivity contribution is -0.134. The summed E-state index contributed by atoms with van der Waals surface area (Å²) in [5, 5.41) is 11.6. The number of tetrazole rings is 1. The molecule has 1 saturated heterocycles. The van der Waals surface area contributed by atoms with Gasteiger partial charge >= 0.3 is 0 Å². The lowest BCUT2D eigenvalue weighted by atomic mass is 9.98. The molecule has 0 radical (unpaired) electrons. The first-order chi connectivity index (χ1) is 12.5. The number of benzene rings is 1. The van der Waals surface area contributed by atoms with Crippen molar-refractivity contribution in [2.24, 2.45) is 17.6 Å². The summed E-state index contributed by atoms with van der Waals surface area (Å²) in [6.07, 6.45) is 2.55. The third-order valence-corrected chi connectivity index (χ3v) is 5.80. The Bertz CT molecular complexity index is 791. The van der Waals surface area contributed by atoms with Crippen molar-refractivity contribution in [3.63, 3.8) is 0 Å². The average Bonchev–Trinajstić information content (AvgIpc) is 3.32. The smallest absolute Gasteiger partial charge is 0.247 e. The molecule has 2 N–H and O–H groups in total. The Morgan fingerprint density at radius 2 is 2.08 bits per heavy atom. The van der Waals surface area contributed by atoms with Gasteiger partial charge in [0.1, 0.15) is 17.7 Å². The Balaban J connectivity index is 1.57. The molecule has 2 heterocycles. The van der Waals surface area contributed by atoms with Gasteiger partial charge in [0.2, 0.25) is 5.91 Å². The molecule has 1 amide bonds. The number of aromatic nitrogens is 4. The highest BCUT2D eigenvalue weighted by Crippen LogP contribution is 2.38. The maximum Gasteiger partial charge on any atom is 0.247 e. The normalized spacial score (nSPS) is 26.1. The highest BCUT2D eigenvalue weighted by atomic mass is 19.1. The van der Waals surface area contributed by atoms with Crippen LogP contribution < -0.4 is 5.73 Å². The van der Waals surface area contributed by atoms with E-state index in [0.717, 1.165) is 24.9 Å². The number of nitrogens with two attached hydrogens (primary N) is 1. The van der Waals surface area contributed by atoms with E-state index in [-0.39, 0.29) is 17.8 Å². The molecular formula is C18H23FN6O. The molecule has 2 fully saturated rings. The summed E-state index contributed by atoms with van der Waals surface area (Å²) in [4.78, 5) is 15.2. The Morgan fingerprint density at radius 1 is 1.31 bits per heavy atom. The van der Waals surface area contributed by atoms with Crippen molar-refractivity contribution in [3.05, 3.63) is 41.5 Å². The van der Waals surface area contributed by atoms with Crippen LogP contribution in [0.1, 0.15) is 30.3 Å². The van der Waals surface area contributed by atoms with E-state index in [2.05, 4.69) is 15.5 Å². The lowest BCUT2D eigenvalue weighted by Gasteiger charge is -2.25. The van der Waals surface area contributed by atoms with Crippen LogP contribution >= 0.6 is 0 Å². The number of hydrogen-bond acceptors (Lipinski definition) is 5. The molecule has 1 aliphatic carbocycles. The van der Waals surface area contributed by atoms with Gasteiger partial charge in [-0.15, -0.1) is 5.10 Å². The van der Waals surface area contributed by atoms with Crippen LogP contribution in [0, 0.1) is 24.6 Å². The van der Waals surface area contributed by atoms with Crippen LogP contribution in [-0.2, 0) is 11.2 Å². The molecule has 1 aliphatic heterocycles. The minimum atomic E-state index is -0.537. The van der Waals surface area contributed by atoms with Crippen LogP contribution in [0.25, 0.3) is 0 Å². The molecule has 2 aromatic rings. The molecule has 138 valence electrons. The average molecular weight is 358 g/mol. The maximum absolute atomic E-state index is 13.3. The number of fused-ring (bicyclic) bond motifs is 1. The van der Waals surface area contributed by atoms with E-state index >= 15 is 0 Å². The zero-order valence-corrected chi connectivity index (χ0v) is 14.8. The first kappa shape index (κ1) is 17.1. The van der Waals surface area contributed by atoms with Crippen molar-refractivity contribution < 1.29 is 9.18 Å². The fraction of sp³-hybridized carbons (Fsp3) is 0.556. The third-order valence-electron chi connectivity index (χ3n) is 5.80. The number of halogens is 1. The summed E-state index contributed by atoms with van der Waals surface area (Å²) < 4.78 is 14.8. The summed E-state index contributed by atoms with van der Waals surface area (Å²) >= 11 is 0. The zero-order valence-electron chi connectivity index (χ0n) is 14.8. The second-order valence-electron chi connectivity index (χ2n) is 7.43. The van der Waals surface area contributed by atoms with E-state index in [1.54, 1.807) is 23.7 Å². The Labute approximate surface area is 151 Å². The van der Waals surface area contributed by atoms with Gasteiger partial charge in [-0.1, -0.05) is 12.1 Å². The number of rotatable bonds is 4. The largest absolute Gasteiger partial charge is 0.340 e. The highest BCUT2D eigenvalue weighted by molar-refractivity contribution is 5.81. The minimum Gasteiger partial charge on any atom is -0.340 e. The molecule has 4 unspecified atom stereocenters. The van der Waals surface area contributed by atoms with Crippen LogP contribution in [0.4, 0.5) is 4.39 Å². The third kappa shape index (κ3) is 3.09. The Morgan fingerprint density at radius 3 is 2.73 bits per heavy atom. The van der Waals surface area contributed by atoms with Crippen LogP contribution in [0.15, 0.2) is 24.3 Å². The van der Waals surface area contributed by atoms with Gasteiger partial charge in [-0.05, 0) is 59.7 Å². The van der Waals surface area contributed by atoms with Crippen molar-refractivity contribution in [1.29, 1.82) is 0 Å². The van der Waals surface area contributed by atoms with E-state index < -0.39 is 6.04 Å². The summed E-state index contributed by atoms with van der Waals surface area (Å²) in [6, 6.07) is 5.85. The summed E-state index contributed by atoms with van der Waals surface area (Å²) in [5.74, 6) is 1.18. The summed E-state index contributed by atoms with van der Waals surface area (Å²) in [6.45, 7) is 3.23. The van der Waals surface area contributed by atoms with Gasteiger partial charge in [-0.3, -0.25) is 4.79 Å². The van der Waals surface area contributed by atoms with Crippen molar-refractivity contribution >= 4 is 5.91 Å². The van der Waals surface area contributed by atoms with Crippen molar-refractivity contribution in [3.8, 4) is 0 Å². The molecule has 1 aromatic heterocycles. The zero-order chi connectivity index (χ0) is 18.3. The molecule has 1 aromatic carbocycles. The topological polar surface area (TPSA) is 89.9 Å². The Kier molecular flexibility index (Phi) is 4.44. The van der Waals surface area contributed by atoms with Gasteiger partial charge < -0.3 is 10.6 Å².